The molecule has 2 aliphatic heterocycles. The van der Waals surface area contributed by atoms with Crippen LogP contribution in [0.15, 0.2) is 0 Å². The standard InChI is InChI=1S/C11H15N3O.ClH/c12-6-10(8-15)2-1-3-14(10)11-4-9(11)5-13-7-11;/h8-9,13H,1-5,7H2;1H. The number of nitrogens with one attached hydrogen (secondary N) is 1. The highest BCUT2D eigenvalue weighted by Gasteiger charge is 2.66. The second-order valence-electron chi connectivity index (χ2n) is 5.04. The molecule has 4 nitrogen and oxygen atoms in total. The molecular formula is C11H16ClN3O. The molecule has 3 fully saturated rings. The predicted molar refractivity (Wildman–Crippen MR) is 61.3 cm³/mol. The summed E-state index contributed by atoms with van der Waals surface area (Å²) >= 11 is 0. The molecule has 3 atom stereocenters. The van der Waals surface area contributed by atoms with Crippen molar-refractivity contribution in [3.8, 4) is 6.07 Å². The Morgan fingerprint density at radius 2 is 2.38 bits per heavy atom. The van der Waals surface area contributed by atoms with E-state index in [-0.39, 0.29) is 17.9 Å². The lowest BCUT2D eigenvalue weighted by molar-refractivity contribution is -0.115. The number of carbonyl (C=O) groups is 1. The second-order valence-corrected chi connectivity index (χ2v) is 5.04. The maximum absolute atomic E-state index is 11.2. The largest absolute Gasteiger partial charge is 0.315 e. The molecule has 0 amide bonds. The number of rotatable bonds is 2. The van der Waals surface area contributed by atoms with Gasteiger partial charge in [-0.1, -0.05) is 0 Å². The minimum absolute atomic E-state index is 0. The molecule has 2 saturated heterocycles. The van der Waals surface area contributed by atoms with Gasteiger partial charge in [-0.2, -0.15) is 5.26 Å². The molecule has 0 aromatic rings. The van der Waals surface area contributed by atoms with Crippen molar-refractivity contribution in [2.24, 2.45) is 5.92 Å². The van der Waals surface area contributed by atoms with Crippen LogP contribution in [0.4, 0.5) is 0 Å². The van der Waals surface area contributed by atoms with Crippen LogP contribution in [0.25, 0.3) is 0 Å². The molecule has 2 heterocycles. The summed E-state index contributed by atoms with van der Waals surface area (Å²) in [7, 11) is 0. The Morgan fingerprint density at radius 1 is 1.56 bits per heavy atom. The lowest BCUT2D eigenvalue weighted by Crippen LogP contribution is -2.53. The second kappa shape index (κ2) is 3.69. The Hall–Kier alpha value is -0.630. The van der Waals surface area contributed by atoms with Crippen LogP contribution in [0.1, 0.15) is 19.3 Å². The van der Waals surface area contributed by atoms with Crippen LogP contribution in [-0.4, -0.2) is 41.9 Å². The molecule has 0 bridgehead atoms. The average molecular weight is 242 g/mol. The van der Waals surface area contributed by atoms with Gasteiger partial charge in [-0.15, -0.1) is 12.4 Å². The molecule has 3 aliphatic rings. The lowest BCUT2D eigenvalue weighted by Gasteiger charge is -2.34. The van der Waals surface area contributed by atoms with Crippen LogP contribution in [-0.2, 0) is 4.79 Å². The molecule has 3 unspecified atom stereocenters. The number of hydrogen-bond acceptors (Lipinski definition) is 4. The molecule has 5 heteroatoms. The van der Waals surface area contributed by atoms with Gasteiger partial charge in [0, 0.05) is 18.6 Å². The monoisotopic (exact) mass is 241 g/mol. The maximum Gasteiger partial charge on any atom is 0.165 e. The van der Waals surface area contributed by atoms with Gasteiger partial charge >= 0.3 is 0 Å². The van der Waals surface area contributed by atoms with Crippen molar-refractivity contribution < 1.29 is 4.79 Å². The smallest absolute Gasteiger partial charge is 0.165 e. The zero-order valence-electron chi connectivity index (χ0n) is 9.11. The first kappa shape index (κ1) is 11.8. The number of piperidine rings is 1. The summed E-state index contributed by atoms with van der Waals surface area (Å²) < 4.78 is 0. The number of likely N-dealkylation sites (tertiary alicyclic amines) is 1. The summed E-state index contributed by atoms with van der Waals surface area (Å²) in [5, 5.41) is 12.6. The van der Waals surface area contributed by atoms with Crippen molar-refractivity contribution in [3.05, 3.63) is 0 Å². The number of carbonyl (C=O) groups excluding carboxylic acids is 1. The minimum atomic E-state index is -0.819. The van der Waals surface area contributed by atoms with E-state index in [1.807, 2.05) is 0 Å². The summed E-state index contributed by atoms with van der Waals surface area (Å²) in [6.07, 6.45) is 3.71. The van der Waals surface area contributed by atoms with E-state index in [1.165, 1.54) is 0 Å². The molecule has 1 N–H and O–H groups in total. The van der Waals surface area contributed by atoms with Crippen molar-refractivity contribution in [3.63, 3.8) is 0 Å². The third-order valence-corrected chi connectivity index (χ3v) is 4.37. The number of nitrogens with zero attached hydrogens (tertiary/aromatic N) is 2. The van der Waals surface area contributed by atoms with Gasteiger partial charge in [0.2, 0.25) is 0 Å². The van der Waals surface area contributed by atoms with Crippen LogP contribution in [0.3, 0.4) is 0 Å². The molecule has 16 heavy (non-hydrogen) atoms. The number of fused-ring (bicyclic) bond motifs is 1. The van der Waals surface area contributed by atoms with E-state index in [2.05, 4.69) is 16.3 Å². The van der Waals surface area contributed by atoms with Gasteiger partial charge in [-0.25, -0.2) is 0 Å². The predicted octanol–water partition coefficient (Wildman–Crippen LogP) is 0.327. The van der Waals surface area contributed by atoms with E-state index in [9.17, 15) is 10.1 Å². The summed E-state index contributed by atoms with van der Waals surface area (Å²) in [5.41, 5.74) is -0.673. The van der Waals surface area contributed by atoms with Crippen molar-refractivity contribution in [1.82, 2.24) is 10.2 Å². The van der Waals surface area contributed by atoms with Crippen LogP contribution < -0.4 is 5.32 Å². The lowest BCUT2D eigenvalue weighted by atomic mass is 9.98. The first-order valence-corrected chi connectivity index (χ1v) is 5.63. The Bertz CT molecular complexity index is 356. The van der Waals surface area contributed by atoms with Crippen molar-refractivity contribution in [1.29, 1.82) is 5.26 Å². The zero-order chi connectivity index (χ0) is 10.5. The zero-order valence-corrected chi connectivity index (χ0v) is 9.92. The molecule has 0 aromatic carbocycles. The third-order valence-electron chi connectivity index (χ3n) is 4.37. The molecule has 88 valence electrons. The van der Waals surface area contributed by atoms with Gasteiger partial charge in [-0.3, -0.25) is 4.90 Å². The maximum atomic E-state index is 11.2. The van der Waals surface area contributed by atoms with Gasteiger partial charge < -0.3 is 10.1 Å². The highest BCUT2D eigenvalue weighted by atomic mass is 35.5. The quantitative estimate of drug-likeness (QED) is 0.708. The van der Waals surface area contributed by atoms with E-state index < -0.39 is 5.54 Å². The third kappa shape index (κ3) is 1.26. The van der Waals surface area contributed by atoms with Crippen molar-refractivity contribution in [2.45, 2.75) is 30.3 Å². The SMILES string of the molecule is Cl.N#CC1(C=O)CCCN1C12CNCC1C2. The van der Waals surface area contributed by atoms with Crippen LogP contribution in [0.5, 0.6) is 0 Å². The Morgan fingerprint density at radius 3 is 2.88 bits per heavy atom. The molecular weight excluding hydrogens is 226 g/mol. The fourth-order valence-corrected chi connectivity index (χ4v) is 3.46. The Kier molecular flexibility index (Phi) is 2.73. The molecule has 0 spiro atoms. The average Bonchev–Trinajstić information content (AvgIpc) is 2.69. The molecule has 0 radical (unpaired) electrons. The van der Waals surface area contributed by atoms with E-state index >= 15 is 0 Å². The molecule has 1 aliphatic carbocycles. The minimum Gasteiger partial charge on any atom is -0.315 e. The van der Waals surface area contributed by atoms with Crippen LogP contribution in [0, 0.1) is 17.2 Å². The summed E-state index contributed by atoms with van der Waals surface area (Å²) in [4.78, 5) is 13.4. The van der Waals surface area contributed by atoms with Crippen LogP contribution in [0.2, 0.25) is 0 Å². The number of nitriles is 1. The number of hydrogen-bond donors (Lipinski definition) is 1. The first-order valence-electron chi connectivity index (χ1n) is 5.63. The van der Waals surface area contributed by atoms with Gasteiger partial charge in [0.25, 0.3) is 0 Å². The first-order chi connectivity index (χ1) is 7.27. The van der Waals surface area contributed by atoms with Gasteiger partial charge in [0.05, 0.1) is 6.07 Å². The Balaban J connectivity index is 0.000000963. The highest BCUT2D eigenvalue weighted by molar-refractivity contribution is 5.85. The summed E-state index contributed by atoms with van der Waals surface area (Å²) in [6.45, 7) is 2.91. The number of halogens is 1. The van der Waals surface area contributed by atoms with Crippen molar-refractivity contribution in [2.75, 3.05) is 19.6 Å². The fourth-order valence-electron chi connectivity index (χ4n) is 3.46. The van der Waals surface area contributed by atoms with Gasteiger partial charge in [0.15, 0.2) is 11.8 Å². The number of aldehydes is 1. The van der Waals surface area contributed by atoms with Gasteiger partial charge in [-0.05, 0) is 31.7 Å². The van der Waals surface area contributed by atoms with Crippen LogP contribution >= 0.6 is 12.4 Å². The molecule has 0 aromatic heterocycles. The van der Waals surface area contributed by atoms with Gasteiger partial charge in [0.1, 0.15) is 0 Å². The van der Waals surface area contributed by atoms with E-state index in [0.29, 0.717) is 12.3 Å². The molecule has 3 rings (SSSR count). The molecule has 1 saturated carbocycles. The fraction of sp³-hybridized carbons (Fsp3) is 0.818. The van der Waals surface area contributed by atoms with E-state index in [1.54, 1.807) is 0 Å². The normalized spacial score (nSPS) is 45.6. The van der Waals surface area contributed by atoms with Crippen molar-refractivity contribution >= 4 is 18.7 Å². The summed E-state index contributed by atoms with van der Waals surface area (Å²) in [6, 6.07) is 2.24. The van der Waals surface area contributed by atoms with E-state index in [0.717, 1.165) is 38.8 Å². The highest BCUT2D eigenvalue weighted by Crippen LogP contribution is 2.55. The van der Waals surface area contributed by atoms with E-state index in [4.69, 9.17) is 0 Å². The topological polar surface area (TPSA) is 56.1 Å². The Labute approximate surface area is 101 Å². The summed E-state index contributed by atoms with van der Waals surface area (Å²) in [5.74, 6) is 0.670.